The lowest BCUT2D eigenvalue weighted by atomic mass is 10.1. The van der Waals surface area contributed by atoms with E-state index in [9.17, 15) is 0 Å². The first-order chi connectivity index (χ1) is 7.58. The smallest absolute Gasteiger partial charge is 0.128 e. The highest BCUT2D eigenvalue weighted by Crippen LogP contribution is 2.24. The van der Waals surface area contributed by atoms with Crippen LogP contribution in [0.5, 0.6) is 11.5 Å². The molecule has 0 aliphatic heterocycles. The summed E-state index contributed by atoms with van der Waals surface area (Å²) in [5.41, 5.74) is 1.83. The van der Waals surface area contributed by atoms with Crippen LogP contribution in [0.1, 0.15) is 12.5 Å². The Morgan fingerprint density at radius 3 is 2.38 bits per heavy atom. The van der Waals surface area contributed by atoms with Crippen molar-refractivity contribution in [1.82, 2.24) is 5.01 Å². The lowest BCUT2D eigenvalue weighted by molar-refractivity contribution is 0.401. The van der Waals surface area contributed by atoms with Crippen LogP contribution in [-0.4, -0.2) is 39.0 Å². The second kappa shape index (κ2) is 5.39. The number of methoxy groups -OCH3 is 2. The fourth-order valence-electron chi connectivity index (χ4n) is 1.45. The Labute approximate surface area is 96.5 Å². The maximum absolute atomic E-state index is 5.29. The molecule has 0 N–H and O–H groups in total. The van der Waals surface area contributed by atoms with E-state index >= 15 is 0 Å². The largest absolute Gasteiger partial charge is 0.497 e. The summed E-state index contributed by atoms with van der Waals surface area (Å²) in [6.45, 7) is 1.94. The third kappa shape index (κ3) is 2.89. The van der Waals surface area contributed by atoms with Crippen molar-refractivity contribution in [2.45, 2.75) is 6.92 Å². The summed E-state index contributed by atoms with van der Waals surface area (Å²) in [5, 5.41) is 6.10. The van der Waals surface area contributed by atoms with E-state index in [0.29, 0.717) is 0 Å². The van der Waals surface area contributed by atoms with Crippen LogP contribution < -0.4 is 9.47 Å². The molecule has 0 spiro atoms. The number of benzene rings is 1. The van der Waals surface area contributed by atoms with Gasteiger partial charge in [-0.25, -0.2) is 0 Å². The molecule has 0 heterocycles. The van der Waals surface area contributed by atoms with E-state index in [1.165, 1.54) is 0 Å². The van der Waals surface area contributed by atoms with Crippen LogP contribution in [0.4, 0.5) is 0 Å². The topological polar surface area (TPSA) is 34.1 Å². The van der Waals surface area contributed by atoms with Crippen LogP contribution >= 0.6 is 0 Å². The zero-order chi connectivity index (χ0) is 12.1. The van der Waals surface area contributed by atoms with Crippen molar-refractivity contribution in [3.8, 4) is 11.5 Å². The minimum atomic E-state index is 0.795. The fraction of sp³-hybridized carbons (Fsp3) is 0.417. The number of hydrogen-bond acceptors (Lipinski definition) is 4. The maximum atomic E-state index is 5.29. The van der Waals surface area contributed by atoms with Crippen LogP contribution in [0.3, 0.4) is 0 Å². The van der Waals surface area contributed by atoms with Gasteiger partial charge in [-0.05, 0) is 25.1 Å². The molecule has 0 radical (unpaired) electrons. The van der Waals surface area contributed by atoms with Crippen LogP contribution in [0.15, 0.2) is 23.3 Å². The average Bonchev–Trinajstić information content (AvgIpc) is 2.27. The highest BCUT2D eigenvalue weighted by Gasteiger charge is 2.08. The monoisotopic (exact) mass is 222 g/mol. The van der Waals surface area contributed by atoms with Gasteiger partial charge in [-0.15, -0.1) is 0 Å². The summed E-state index contributed by atoms with van der Waals surface area (Å²) in [4.78, 5) is 0. The second-order valence-electron chi connectivity index (χ2n) is 3.60. The first-order valence-electron chi connectivity index (χ1n) is 5.03. The molecule has 1 aromatic rings. The Kier molecular flexibility index (Phi) is 4.17. The van der Waals surface area contributed by atoms with E-state index in [2.05, 4.69) is 5.10 Å². The van der Waals surface area contributed by atoms with Gasteiger partial charge in [-0.3, -0.25) is 0 Å². The van der Waals surface area contributed by atoms with Crippen LogP contribution in [0.2, 0.25) is 0 Å². The predicted molar refractivity (Wildman–Crippen MR) is 65.4 cm³/mol. The molecule has 88 valence electrons. The number of rotatable bonds is 4. The number of hydrogen-bond donors (Lipinski definition) is 0. The van der Waals surface area contributed by atoms with E-state index < -0.39 is 0 Å². The zero-order valence-corrected chi connectivity index (χ0v) is 10.4. The first-order valence-corrected chi connectivity index (χ1v) is 5.03. The van der Waals surface area contributed by atoms with Gasteiger partial charge in [0.15, 0.2) is 0 Å². The van der Waals surface area contributed by atoms with Crippen molar-refractivity contribution in [1.29, 1.82) is 0 Å². The summed E-state index contributed by atoms with van der Waals surface area (Å²) in [6.07, 6.45) is 0. The maximum Gasteiger partial charge on any atom is 0.128 e. The Morgan fingerprint density at radius 1 is 1.19 bits per heavy atom. The Hall–Kier alpha value is -1.71. The SMILES string of the molecule is COc1ccc(OC)c(/C(C)=N/N(C)C)c1. The third-order valence-electron chi connectivity index (χ3n) is 2.15. The molecule has 0 bridgehead atoms. The van der Waals surface area contributed by atoms with E-state index in [0.717, 1.165) is 22.8 Å². The van der Waals surface area contributed by atoms with E-state index in [1.54, 1.807) is 19.2 Å². The fourth-order valence-corrected chi connectivity index (χ4v) is 1.45. The van der Waals surface area contributed by atoms with E-state index in [4.69, 9.17) is 9.47 Å². The Morgan fingerprint density at radius 2 is 1.88 bits per heavy atom. The zero-order valence-electron chi connectivity index (χ0n) is 10.4. The van der Waals surface area contributed by atoms with Crippen molar-refractivity contribution in [2.75, 3.05) is 28.3 Å². The molecule has 0 amide bonds. The Bertz CT molecular complexity index is 387. The van der Waals surface area contributed by atoms with Gasteiger partial charge in [0.1, 0.15) is 11.5 Å². The van der Waals surface area contributed by atoms with Crippen LogP contribution in [-0.2, 0) is 0 Å². The molecule has 4 nitrogen and oxygen atoms in total. The van der Waals surface area contributed by atoms with E-state index in [1.807, 2.05) is 39.2 Å². The highest BCUT2D eigenvalue weighted by molar-refractivity contribution is 6.01. The summed E-state index contributed by atoms with van der Waals surface area (Å²) in [7, 11) is 7.06. The second-order valence-corrected chi connectivity index (χ2v) is 3.60. The molecule has 0 fully saturated rings. The van der Waals surface area contributed by atoms with Crippen molar-refractivity contribution < 1.29 is 9.47 Å². The quantitative estimate of drug-likeness (QED) is 0.577. The minimum Gasteiger partial charge on any atom is -0.497 e. The summed E-state index contributed by atoms with van der Waals surface area (Å²) >= 11 is 0. The molecule has 0 aliphatic carbocycles. The van der Waals surface area contributed by atoms with Crippen molar-refractivity contribution in [3.05, 3.63) is 23.8 Å². The summed E-state index contributed by atoms with van der Waals surface area (Å²) in [6, 6.07) is 5.66. The van der Waals surface area contributed by atoms with Gasteiger partial charge in [0.05, 0.1) is 19.9 Å². The lowest BCUT2D eigenvalue weighted by Gasteiger charge is -2.12. The number of hydrazone groups is 1. The molecular weight excluding hydrogens is 204 g/mol. The van der Waals surface area contributed by atoms with Gasteiger partial charge in [0.25, 0.3) is 0 Å². The van der Waals surface area contributed by atoms with Crippen molar-refractivity contribution >= 4 is 5.71 Å². The predicted octanol–water partition coefficient (Wildman–Crippen LogP) is 1.99. The molecule has 0 aromatic heterocycles. The van der Waals surface area contributed by atoms with Crippen molar-refractivity contribution in [2.24, 2.45) is 5.10 Å². The van der Waals surface area contributed by atoms with Gasteiger partial charge < -0.3 is 14.5 Å². The molecule has 0 saturated heterocycles. The van der Waals surface area contributed by atoms with Crippen LogP contribution in [0, 0.1) is 0 Å². The van der Waals surface area contributed by atoms with Gasteiger partial charge in [-0.2, -0.15) is 5.10 Å². The summed E-state index contributed by atoms with van der Waals surface area (Å²) in [5.74, 6) is 1.59. The highest BCUT2D eigenvalue weighted by atomic mass is 16.5. The van der Waals surface area contributed by atoms with Gasteiger partial charge in [0, 0.05) is 19.7 Å². The molecule has 1 aromatic carbocycles. The van der Waals surface area contributed by atoms with Crippen LogP contribution in [0.25, 0.3) is 0 Å². The standard InChI is InChI=1S/C12H18N2O2/c1-9(13-14(2)3)11-8-10(15-4)6-7-12(11)16-5/h6-8H,1-5H3/b13-9+. The molecule has 4 heteroatoms. The first kappa shape index (κ1) is 12.4. The van der Waals surface area contributed by atoms with Gasteiger partial charge in [0.2, 0.25) is 0 Å². The molecule has 0 saturated carbocycles. The summed E-state index contributed by atoms with van der Waals surface area (Å²) < 4.78 is 10.5. The minimum absolute atomic E-state index is 0.795. The Balaban J connectivity index is 3.18. The molecular formula is C12H18N2O2. The van der Waals surface area contributed by atoms with Gasteiger partial charge in [-0.1, -0.05) is 0 Å². The normalized spacial score (nSPS) is 11.2. The van der Waals surface area contributed by atoms with Crippen molar-refractivity contribution in [3.63, 3.8) is 0 Å². The number of ether oxygens (including phenoxy) is 2. The molecule has 0 atom stereocenters. The number of nitrogens with zero attached hydrogens (tertiary/aromatic N) is 2. The lowest BCUT2D eigenvalue weighted by Crippen LogP contribution is -2.08. The van der Waals surface area contributed by atoms with E-state index in [-0.39, 0.29) is 0 Å². The third-order valence-corrected chi connectivity index (χ3v) is 2.15. The molecule has 1 rings (SSSR count). The molecule has 16 heavy (non-hydrogen) atoms. The molecule has 0 aliphatic rings. The average molecular weight is 222 g/mol. The van der Waals surface area contributed by atoms with Gasteiger partial charge >= 0.3 is 0 Å². The molecule has 0 unspecified atom stereocenters.